The van der Waals surface area contributed by atoms with E-state index in [1.165, 1.54) is 12.1 Å². The van der Waals surface area contributed by atoms with E-state index in [1.807, 2.05) is 6.92 Å². The average molecular weight is 483 g/mol. The molecule has 172 valence electrons. The molecule has 1 unspecified atom stereocenters. The lowest BCUT2D eigenvalue weighted by Gasteiger charge is -2.21. The number of aromatic hydroxyl groups is 1. The second-order valence-electron chi connectivity index (χ2n) is 6.54. The van der Waals surface area contributed by atoms with Gasteiger partial charge in [-0.2, -0.15) is 0 Å². The standard InChI is InChI=1S/C20H23ClN4O6S/c1-6-7-8-13(22-3)11(2)23-15-16(19(28)18(15)27)24-14-10-9-12(21)20(17(14)26)32(29,30)25(4)31-5/h6-11,23-24,26H,3H2,1-2,4-5H3. The van der Waals surface area contributed by atoms with Crippen LogP contribution in [-0.2, 0) is 14.9 Å². The van der Waals surface area contributed by atoms with Gasteiger partial charge >= 0.3 is 0 Å². The molecule has 12 heteroatoms. The van der Waals surface area contributed by atoms with Gasteiger partial charge in [-0.25, -0.2) is 8.42 Å². The zero-order valence-corrected chi connectivity index (χ0v) is 19.4. The largest absolute Gasteiger partial charge is 0.504 e. The van der Waals surface area contributed by atoms with Crippen LogP contribution in [0.4, 0.5) is 17.1 Å². The van der Waals surface area contributed by atoms with Crippen LogP contribution in [0.25, 0.3) is 0 Å². The van der Waals surface area contributed by atoms with Gasteiger partial charge in [0.05, 0.1) is 29.6 Å². The average Bonchev–Trinajstić information content (AvgIpc) is 2.76. The predicted octanol–water partition coefficient (Wildman–Crippen LogP) is 2.53. The van der Waals surface area contributed by atoms with Crippen LogP contribution < -0.4 is 21.5 Å². The van der Waals surface area contributed by atoms with Gasteiger partial charge in [0.25, 0.3) is 20.9 Å². The van der Waals surface area contributed by atoms with Crippen LogP contribution in [0.15, 0.2) is 55.5 Å². The molecule has 32 heavy (non-hydrogen) atoms. The van der Waals surface area contributed by atoms with Crippen LogP contribution in [-0.4, -0.2) is 44.9 Å². The summed E-state index contributed by atoms with van der Waals surface area (Å²) in [5.41, 5.74) is -1.41. The highest BCUT2D eigenvalue weighted by atomic mass is 35.5. The van der Waals surface area contributed by atoms with Crippen molar-refractivity contribution in [2.75, 3.05) is 24.8 Å². The molecule has 0 saturated carbocycles. The van der Waals surface area contributed by atoms with Crippen molar-refractivity contribution in [2.24, 2.45) is 4.99 Å². The number of halogens is 1. The number of anilines is 3. The molecule has 2 aromatic rings. The van der Waals surface area contributed by atoms with E-state index in [-0.39, 0.29) is 22.1 Å². The van der Waals surface area contributed by atoms with Gasteiger partial charge in [-0.15, -0.1) is 0 Å². The smallest absolute Gasteiger partial charge is 0.269 e. The number of phenols is 1. The van der Waals surface area contributed by atoms with Gasteiger partial charge in [0.1, 0.15) is 16.3 Å². The molecule has 1 atom stereocenters. The van der Waals surface area contributed by atoms with Crippen molar-refractivity contribution < 1.29 is 18.4 Å². The van der Waals surface area contributed by atoms with Crippen LogP contribution in [0.1, 0.15) is 13.8 Å². The Morgan fingerprint density at radius 3 is 2.50 bits per heavy atom. The van der Waals surface area contributed by atoms with Crippen LogP contribution >= 0.6 is 11.6 Å². The molecule has 0 aliphatic heterocycles. The first-order chi connectivity index (χ1) is 15.0. The van der Waals surface area contributed by atoms with Gasteiger partial charge in [-0.05, 0) is 38.8 Å². The van der Waals surface area contributed by atoms with Crippen molar-refractivity contribution in [1.82, 2.24) is 4.47 Å². The van der Waals surface area contributed by atoms with E-state index >= 15 is 0 Å². The van der Waals surface area contributed by atoms with Gasteiger partial charge < -0.3 is 15.7 Å². The Kier molecular flexibility index (Phi) is 7.97. The topological polar surface area (TPSA) is 137 Å². The summed E-state index contributed by atoms with van der Waals surface area (Å²) in [6.45, 7) is 7.03. The molecule has 0 aliphatic rings. The molecule has 0 amide bonds. The van der Waals surface area contributed by atoms with Crippen molar-refractivity contribution in [3.8, 4) is 5.75 Å². The van der Waals surface area contributed by atoms with Crippen molar-refractivity contribution in [3.05, 3.63) is 61.5 Å². The minimum Gasteiger partial charge on any atom is -0.504 e. The van der Waals surface area contributed by atoms with E-state index < -0.39 is 37.6 Å². The Morgan fingerprint density at radius 2 is 1.94 bits per heavy atom. The lowest BCUT2D eigenvalue weighted by atomic mass is 10.1. The maximum Gasteiger partial charge on any atom is 0.269 e. The minimum atomic E-state index is -4.31. The number of hydrogen-bond acceptors (Lipinski definition) is 9. The van der Waals surface area contributed by atoms with Crippen molar-refractivity contribution in [2.45, 2.75) is 24.8 Å². The summed E-state index contributed by atoms with van der Waals surface area (Å²) < 4.78 is 25.7. The molecule has 0 aliphatic carbocycles. The van der Waals surface area contributed by atoms with Gasteiger partial charge in [0, 0.05) is 7.05 Å². The highest BCUT2D eigenvalue weighted by molar-refractivity contribution is 7.89. The Labute approximate surface area is 190 Å². The molecular weight excluding hydrogens is 460 g/mol. The fourth-order valence-corrected chi connectivity index (χ4v) is 4.29. The third kappa shape index (κ3) is 4.75. The number of nitrogens with one attached hydrogen (secondary N) is 2. The highest BCUT2D eigenvalue weighted by Gasteiger charge is 2.31. The first-order valence-corrected chi connectivity index (χ1v) is 11.0. The number of hydroxylamine groups is 1. The summed E-state index contributed by atoms with van der Waals surface area (Å²) in [4.78, 5) is 32.3. The third-order valence-electron chi connectivity index (χ3n) is 4.55. The lowest BCUT2D eigenvalue weighted by Crippen LogP contribution is -2.38. The fourth-order valence-electron chi connectivity index (χ4n) is 2.72. The van der Waals surface area contributed by atoms with Crippen LogP contribution in [0.2, 0.25) is 5.02 Å². The molecule has 3 N–H and O–H groups in total. The maximum absolute atomic E-state index is 12.6. The molecule has 2 rings (SSSR count). The summed E-state index contributed by atoms with van der Waals surface area (Å²) in [7, 11) is -2.05. The zero-order valence-electron chi connectivity index (χ0n) is 17.8. The lowest BCUT2D eigenvalue weighted by molar-refractivity contribution is -0.0259. The molecule has 0 fully saturated rings. The maximum atomic E-state index is 12.6. The monoisotopic (exact) mass is 482 g/mol. The number of hydrogen-bond donors (Lipinski definition) is 3. The number of nitrogens with zero attached hydrogens (tertiary/aromatic N) is 2. The van der Waals surface area contributed by atoms with Crippen molar-refractivity contribution >= 4 is 45.4 Å². The van der Waals surface area contributed by atoms with Crippen LogP contribution in [0.3, 0.4) is 0 Å². The van der Waals surface area contributed by atoms with Gasteiger partial charge in [-0.3, -0.25) is 19.4 Å². The molecule has 0 spiro atoms. The quantitative estimate of drug-likeness (QED) is 0.154. The summed E-state index contributed by atoms with van der Waals surface area (Å²) in [5.74, 6) is -0.741. The SMILES string of the molecule is C=NC(=CC=CC)C(C)Nc1c(Nc2ccc(Cl)c(S(=O)(=O)N(C)OC)c2O)c(=O)c1=O. The molecule has 0 radical (unpaired) electrons. The number of rotatable bonds is 10. The van der Waals surface area contributed by atoms with Gasteiger partial charge in [0.2, 0.25) is 0 Å². The van der Waals surface area contributed by atoms with Crippen molar-refractivity contribution in [1.29, 1.82) is 0 Å². The second kappa shape index (κ2) is 10.1. The number of phenolic OH excluding ortho intramolecular Hbond substituents is 1. The first kappa shape index (κ1) is 25.3. The van der Waals surface area contributed by atoms with Crippen molar-refractivity contribution in [3.63, 3.8) is 0 Å². The van der Waals surface area contributed by atoms with E-state index in [9.17, 15) is 23.1 Å². The summed E-state index contributed by atoms with van der Waals surface area (Å²) >= 11 is 5.99. The molecule has 0 bridgehead atoms. The third-order valence-corrected chi connectivity index (χ3v) is 6.74. The Balaban J connectivity index is 2.46. The molecule has 0 aromatic heterocycles. The van der Waals surface area contributed by atoms with Crippen LogP contribution in [0, 0.1) is 0 Å². The Morgan fingerprint density at radius 1 is 1.31 bits per heavy atom. The molecule has 2 aromatic carbocycles. The van der Waals surface area contributed by atoms with E-state index in [2.05, 4.69) is 22.3 Å². The number of aliphatic imine (C=N–C) groups is 1. The summed E-state index contributed by atoms with van der Waals surface area (Å²) in [5, 5.41) is 15.8. The normalized spacial score (nSPS) is 13.6. The number of benzene rings is 1. The van der Waals surface area contributed by atoms with E-state index in [0.717, 1.165) is 14.2 Å². The van der Waals surface area contributed by atoms with E-state index in [1.54, 1.807) is 25.2 Å². The van der Waals surface area contributed by atoms with Gasteiger partial charge in [-0.1, -0.05) is 28.2 Å². The molecule has 10 nitrogen and oxygen atoms in total. The Hall–Kier alpha value is -2.99. The molecule has 0 heterocycles. The van der Waals surface area contributed by atoms with Gasteiger partial charge in [0.15, 0.2) is 5.75 Å². The summed E-state index contributed by atoms with van der Waals surface area (Å²) in [6.07, 6.45) is 5.23. The Bertz CT molecular complexity index is 1260. The second-order valence-corrected chi connectivity index (χ2v) is 8.82. The fraction of sp³-hybridized carbons (Fsp3) is 0.250. The summed E-state index contributed by atoms with van der Waals surface area (Å²) in [6, 6.07) is 2.02. The van der Waals surface area contributed by atoms with E-state index in [0.29, 0.717) is 10.2 Å². The first-order valence-electron chi connectivity index (χ1n) is 9.22. The molecular formula is C20H23ClN4O6S. The highest BCUT2D eigenvalue weighted by Crippen LogP contribution is 2.39. The van der Waals surface area contributed by atoms with Crippen LogP contribution in [0.5, 0.6) is 5.75 Å². The predicted molar refractivity (Wildman–Crippen MR) is 125 cm³/mol. The zero-order chi connectivity index (χ0) is 24.2. The number of allylic oxidation sites excluding steroid dienone is 3. The minimum absolute atomic E-state index is 0.0368. The van der Waals surface area contributed by atoms with E-state index in [4.69, 9.17) is 16.4 Å². The number of sulfonamides is 1. The molecule has 0 saturated heterocycles.